The molecule has 25 heavy (non-hydrogen) atoms. The van der Waals surface area contributed by atoms with Gasteiger partial charge in [0.05, 0.1) is 17.4 Å². The molecule has 0 N–H and O–H groups in total. The lowest BCUT2D eigenvalue weighted by Gasteiger charge is -2.08. The average molecular weight is 358 g/mol. The van der Waals surface area contributed by atoms with Crippen molar-refractivity contribution in [3.05, 3.63) is 58.1 Å². The molecule has 0 aliphatic heterocycles. The highest BCUT2D eigenvalue weighted by atomic mass is 32.1. The standard InChI is InChI=1S/C19H19FN2O2S/c1-4-11-22-16-15(24-3)10-9-12(2)17(16)25-19(22)21-18(23)13-7-5-6-8-14(13)20/h5-10H,4,11H2,1-3H3. The largest absolute Gasteiger partial charge is 0.495 e. The molecule has 0 fully saturated rings. The van der Waals surface area contributed by atoms with Gasteiger partial charge in [-0.15, -0.1) is 0 Å². The molecule has 0 aliphatic carbocycles. The van der Waals surface area contributed by atoms with E-state index in [0.29, 0.717) is 11.3 Å². The first kappa shape index (κ1) is 17.4. The summed E-state index contributed by atoms with van der Waals surface area (Å²) in [6.45, 7) is 4.77. The number of carbonyl (C=O) groups excluding carboxylic acids is 1. The zero-order valence-corrected chi connectivity index (χ0v) is 15.2. The van der Waals surface area contributed by atoms with Crippen LogP contribution in [-0.4, -0.2) is 17.6 Å². The molecule has 0 spiro atoms. The fourth-order valence-electron chi connectivity index (χ4n) is 2.74. The second-order valence-corrected chi connectivity index (χ2v) is 6.67. The number of carbonyl (C=O) groups is 1. The fourth-order valence-corrected chi connectivity index (χ4v) is 3.88. The Labute approximate surface area is 149 Å². The second-order valence-electron chi connectivity index (χ2n) is 5.70. The van der Waals surface area contributed by atoms with Crippen molar-refractivity contribution in [2.24, 2.45) is 4.99 Å². The minimum absolute atomic E-state index is 0.0216. The first-order chi connectivity index (χ1) is 12.1. The summed E-state index contributed by atoms with van der Waals surface area (Å²) in [6.07, 6.45) is 0.879. The molecular weight excluding hydrogens is 339 g/mol. The molecule has 1 aromatic heterocycles. The van der Waals surface area contributed by atoms with Crippen LogP contribution in [-0.2, 0) is 6.54 Å². The van der Waals surface area contributed by atoms with Crippen LogP contribution in [0.1, 0.15) is 29.3 Å². The SMILES string of the molecule is CCCn1c(=NC(=O)c2ccccc2F)sc2c(C)ccc(OC)c21. The van der Waals surface area contributed by atoms with Crippen molar-refractivity contribution in [3.8, 4) is 5.75 Å². The Balaban J connectivity index is 2.25. The highest BCUT2D eigenvalue weighted by molar-refractivity contribution is 7.16. The molecule has 3 rings (SSSR count). The summed E-state index contributed by atoms with van der Waals surface area (Å²) in [4.78, 5) is 17.2. The van der Waals surface area contributed by atoms with Gasteiger partial charge in [0.1, 0.15) is 17.1 Å². The van der Waals surface area contributed by atoms with Crippen LogP contribution in [0.2, 0.25) is 0 Å². The van der Waals surface area contributed by atoms with Crippen LogP contribution in [0.5, 0.6) is 5.75 Å². The summed E-state index contributed by atoms with van der Waals surface area (Å²) in [5.74, 6) is -0.399. The van der Waals surface area contributed by atoms with Crippen molar-refractivity contribution in [2.45, 2.75) is 26.8 Å². The fraction of sp³-hybridized carbons (Fsp3) is 0.263. The summed E-state index contributed by atoms with van der Waals surface area (Å²) in [6, 6.07) is 9.79. The highest BCUT2D eigenvalue weighted by Crippen LogP contribution is 2.30. The Kier molecular flexibility index (Phi) is 4.99. The third-order valence-electron chi connectivity index (χ3n) is 3.95. The summed E-state index contributed by atoms with van der Waals surface area (Å²) in [7, 11) is 1.62. The zero-order chi connectivity index (χ0) is 18.0. The van der Waals surface area contributed by atoms with E-state index in [2.05, 4.69) is 11.9 Å². The summed E-state index contributed by atoms with van der Waals surface area (Å²) >= 11 is 1.42. The molecule has 0 aliphatic rings. The van der Waals surface area contributed by atoms with E-state index < -0.39 is 11.7 Å². The molecule has 6 heteroatoms. The molecule has 130 valence electrons. The van der Waals surface area contributed by atoms with Crippen molar-refractivity contribution in [1.29, 1.82) is 0 Å². The number of methoxy groups -OCH3 is 1. The molecule has 0 radical (unpaired) electrons. The number of rotatable bonds is 4. The molecule has 2 aromatic carbocycles. The van der Waals surface area contributed by atoms with E-state index in [-0.39, 0.29) is 5.56 Å². The number of halogens is 1. The van der Waals surface area contributed by atoms with Crippen LogP contribution in [0.3, 0.4) is 0 Å². The van der Waals surface area contributed by atoms with Crippen LogP contribution in [0.15, 0.2) is 41.4 Å². The third kappa shape index (κ3) is 3.22. The Morgan fingerprint density at radius 3 is 2.72 bits per heavy atom. The lowest BCUT2D eigenvalue weighted by atomic mass is 10.2. The Hall–Kier alpha value is -2.47. The van der Waals surface area contributed by atoms with Crippen LogP contribution < -0.4 is 9.54 Å². The number of thiazole rings is 1. The molecule has 1 heterocycles. The van der Waals surface area contributed by atoms with Crippen molar-refractivity contribution in [2.75, 3.05) is 7.11 Å². The van der Waals surface area contributed by atoms with Gasteiger partial charge in [-0.3, -0.25) is 4.79 Å². The number of hydrogen-bond acceptors (Lipinski definition) is 3. The molecule has 3 aromatic rings. The van der Waals surface area contributed by atoms with Gasteiger partial charge in [-0.25, -0.2) is 4.39 Å². The van der Waals surface area contributed by atoms with Gasteiger partial charge in [-0.2, -0.15) is 4.99 Å². The van der Waals surface area contributed by atoms with E-state index in [0.717, 1.165) is 28.0 Å². The number of aryl methyl sites for hydroxylation is 2. The summed E-state index contributed by atoms with van der Waals surface area (Å²) in [5, 5.41) is 0. The smallest absolute Gasteiger partial charge is 0.282 e. The van der Waals surface area contributed by atoms with Crippen LogP contribution in [0.25, 0.3) is 10.2 Å². The maximum Gasteiger partial charge on any atom is 0.282 e. The van der Waals surface area contributed by atoms with E-state index in [4.69, 9.17) is 4.74 Å². The van der Waals surface area contributed by atoms with E-state index >= 15 is 0 Å². The molecule has 4 nitrogen and oxygen atoms in total. The molecule has 0 saturated carbocycles. The monoisotopic (exact) mass is 358 g/mol. The lowest BCUT2D eigenvalue weighted by molar-refractivity contribution is 0.0994. The molecule has 0 unspecified atom stereocenters. The number of amides is 1. The van der Waals surface area contributed by atoms with Crippen molar-refractivity contribution >= 4 is 27.5 Å². The Bertz CT molecular complexity index is 1000. The third-order valence-corrected chi connectivity index (χ3v) is 5.17. The van der Waals surface area contributed by atoms with Crippen LogP contribution in [0.4, 0.5) is 4.39 Å². The minimum Gasteiger partial charge on any atom is -0.495 e. The number of aromatic nitrogens is 1. The average Bonchev–Trinajstić information content (AvgIpc) is 2.95. The minimum atomic E-state index is -0.578. The molecule has 1 amide bonds. The zero-order valence-electron chi connectivity index (χ0n) is 14.4. The number of ether oxygens (including phenoxy) is 1. The maximum atomic E-state index is 13.9. The van der Waals surface area contributed by atoms with Crippen LogP contribution in [0, 0.1) is 12.7 Å². The summed E-state index contributed by atoms with van der Waals surface area (Å²) in [5.41, 5.74) is 1.99. The number of fused-ring (bicyclic) bond motifs is 1. The van der Waals surface area contributed by atoms with Crippen LogP contribution >= 0.6 is 11.3 Å². The van der Waals surface area contributed by atoms with E-state index in [1.807, 2.05) is 23.6 Å². The molecule has 0 atom stereocenters. The van der Waals surface area contributed by atoms with Gasteiger partial charge in [0.25, 0.3) is 5.91 Å². The molecule has 0 saturated heterocycles. The van der Waals surface area contributed by atoms with Gasteiger partial charge in [0.2, 0.25) is 0 Å². The van der Waals surface area contributed by atoms with E-state index in [9.17, 15) is 9.18 Å². The summed E-state index contributed by atoms with van der Waals surface area (Å²) < 4.78 is 22.4. The Morgan fingerprint density at radius 1 is 1.28 bits per heavy atom. The molecular formula is C19H19FN2O2S. The molecule has 0 bridgehead atoms. The predicted octanol–water partition coefficient (Wildman–Crippen LogP) is 4.31. The normalized spacial score (nSPS) is 11.9. The number of nitrogens with zero attached hydrogens (tertiary/aromatic N) is 2. The quantitative estimate of drug-likeness (QED) is 0.697. The first-order valence-corrected chi connectivity index (χ1v) is 8.89. The lowest BCUT2D eigenvalue weighted by Crippen LogP contribution is -2.17. The van der Waals surface area contributed by atoms with E-state index in [1.165, 1.54) is 23.5 Å². The maximum absolute atomic E-state index is 13.9. The van der Waals surface area contributed by atoms with Gasteiger partial charge >= 0.3 is 0 Å². The van der Waals surface area contributed by atoms with Gasteiger partial charge in [-0.05, 0) is 37.1 Å². The number of hydrogen-bond donors (Lipinski definition) is 0. The van der Waals surface area contributed by atoms with Gasteiger partial charge in [0.15, 0.2) is 4.80 Å². The second kappa shape index (κ2) is 7.19. The van der Waals surface area contributed by atoms with Crippen molar-refractivity contribution in [1.82, 2.24) is 4.57 Å². The Morgan fingerprint density at radius 2 is 2.04 bits per heavy atom. The van der Waals surface area contributed by atoms with E-state index in [1.54, 1.807) is 19.2 Å². The van der Waals surface area contributed by atoms with Crippen molar-refractivity contribution in [3.63, 3.8) is 0 Å². The van der Waals surface area contributed by atoms with Crippen molar-refractivity contribution < 1.29 is 13.9 Å². The highest BCUT2D eigenvalue weighted by Gasteiger charge is 2.15. The van der Waals surface area contributed by atoms with Gasteiger partial charge in [0, 0.05) is 6.54 Å². The van der Waals surface area contributed by atoms with Gasteiger partial charge in [-0.1, -0.05) is 36.5 Å². The first-order valence-electron chi connectivity index (χ1n) is 8.07. The number of benzene rings is 2. The topological polar surface area (TPSA) is 43.6 Å². The predicted molar refractivity (Wildman–Crippen MR) is 97.7 cm³/mol. The van der Waals surface area contributed by atoms with Gasteiger partial charge < -0.3 is 9.30 Å².